The molecule has 0 saturated carbocycles. The lowest BCUT2D eigenvalue weighted by Crippen LogP contribution is -2.18. The van der Waals surface area contributed by atoms with Crippen LogP contribution in [0.3, 0.4) is 0 Å². The number of benzene rings is 1. The van der Waals surface area contributed by atoms with Gasteiger partial charge in [-0.3, -0.25) is 0 Å². The fourth-order valence-corrected chi connectivity index (χ4v) is 1.89. The molecule has 1 atom stereocenters. The molecule has 0 saturated heterocycles. The molecule has 1 unspecified atom stereocenters. The summed E-state index contributed by atoms with van der Waals surface area (Å²) in [6, 6.07) is 4.48. The summed E-state index contributed by atoms with van der Waals surface area (Å²) in [4.78, 5) is -0.122. The van der Waals surface area contributed by atoms with Gasteiger partial charge in [-0.1, -0.05) is 6.07 Å². The molecule has 6 N–H and O–H groups in total. The Labute approximate surface area is 94.3 Å². The van der Waals surface area contributed by atoms with Crippen LogP contribution in [0.15, 0.2) is 23.1 Å². The fourth-order valence-electron chi connectivity index (χ4n) is 1.20. The predicted molar refractivity (Wildman–Crippen MR) is 62.4 cm³/mol. The van der Waals surface area contributed by atoms with Gasteiger partial charge in [-0.25, -0.2) is 13.6 Å². The standard InChI is InChI=1S/C9H15N3O3S/c1-6(13)5-12-7-3-2-4-8(9(7)10)16(11,14)15/h2-4,6,12-13H,5,10H2,1H3,(H2,11,14,15). The number of hydrogen-bond donors (Lipinski definition) is 4. The second-order valence-corrected chi connectivity index (χ2v) is 5.02. The zero-order valence-corrected chi connectivity index (χ0v) is 9.66. The van der Waals surface area contributed by atoms with E-state index in [-0.39, 0.29) is 17.1 Å². The molecule has 7 heteroatoms. The normalized spacial score (nSPS) is 13.4. The van der Waals surface area contributed by atoms with Crippen molar-refractivity contribution in [3.05, 3.63) is 18.2 Å². The van der Waals surface area contributed by atoms with Crippen LogP contribution in [-0.2, 0) is 10.0 Å². The number of nitrogens with one attached hydrogen (secondary N) is 1. The molecule has 0 bridgehead atoms. The van der Waals surface area contributed by atoms with Crippen molar-refractivity contribution in [3.8, 4) is 0 Å². The van der Waals surface area contributed by atoms with Crippen LogP contribution in [0.1, 0.15) is 6.92 Å². The van der Waals surface area contributed by atoms with Crippen molar-refractivity contribution in [3.63, 3.8) is 0 Å². The Morgan fingerprint density at radius 1 is 1.50 bits per heavy atom. The number of sulfonamides is 1. The number of para-hydroxylation sites is 1. The molecule has 0 heterocycles. The van der Waals surface area contributed by atoms with E-state index in [0.717, 1.165) is 0 Å². The highest BCUT2D eigenvalue weighted by atomic mass is 32.2. The Bertz CT molecular complexity index is 471. The molecule has 0 fully saturated rings. The zero-order chi connectivity index (χ0) is 12.3. The number of nitrogens with two attached hydrogens (primary N) is 2. The van der Waals surface area contributed by atoms with Crippen LogP contribution >= 0.6 is 0 Å². The van der Waals surface area contributed by atoms with Gasteiger partial charge in [-0.2, -0.15) is 0 Å². The molecule has 0 radical (unpaired) electrons. The number of rotatable bonds is 4. The van der Waals surface area contributed by atoms with E-state index < -0.39 is 16.1 Å². The molecule has 0 aliphatic heterocycles. The van der Waals surface area contributed by atoms with Crippen molar-refractivity contribution in [2.75, 3.05) is 17.6 Å². The Morgan fingerprint density at radius 3 is 2.62 bits per heavy atom. The highest BCUT2D eigenvalue weighted by molar-refractivity contribution is 7.89. The highest BCUT2D eigenvalue weighted by Crippen LogP contribution is 2.25. The smallest absolute Gasteiger partial charge is 0.240 e. The van der Waals surface area contributed by atoms with E-state index in [1.807, 2.05) is 0 Å². The Balaban J connectivity index is 3.05. The molecule has 1 rings (SSSR count). The van der Waals surface area contributed by atoms with Crippen molar-refractivity contribution in [2.45, 2.75) is 17.9 Å². The van der Waals surface area contributed by atoms with Gasteiger partial charge in [0, 0.05) is 6.54 Å². The third-order valence-electron chi connectivity index (χ3n) is 1.96. The lowest BCUT2D eigenvalue weighted by Gasteiger charge is -2.12. The molecule has 0 amide bonds. The molecule has 1 aromatic rings. The quantitative estimate of drug-likeness (QED) is 0.543. The number of aliphatic hydroxyl groups excluding tert-OH is 1. The molecule has 0 aliphatic carbocycles. The van der Waals surface area contributed by atoms with E-state index >= 15 is 0 Å². The van der Waals surface area contributed by atoms with Crippen LogP contribution < -0.4 is 16.2 Å². The van der Waals surface area contributed by atoms with E-state index in [1.165, 1.54) is 12.1 Å². The summed E-state index contributed by atoms with van der Waals surface area (Å²) in [5, 5.41) is 16.9. The highest BCUT2D eigenvalue weighted by Gasteiger charge is 2.14. The van der Waals surface area contributed by atoms with E-state index in [1.54, 1.807) is 13.0 Å². The summed E-state index contributed by atoms with van der Waals surface area (Å²) >= 11 is 0. The van der Waals surface area contributed by atoms with Crippen molar-refractivity contribution < 1.29 is 13.5 Å². The first-order valence-corrected chi connectivity index (χ1v) is 6.20. The number of anilines is 2. The lowest BCUT2D eigenvalue weighted by molar-refractivity contribution is 0.208. The summed E-state index contributed by atoms with van der Waals surface area (Å²) in [5.74, 6) is 0. The monoisotopic (exact) mass is 245 g/mol. The van der Waals surface area contributed by atoms with E-state index in [4.69, 9.17) is 16.0 Å². The van der Waals surface area contributed by atoms with Crippen LogP contribution in [0.2, 0.25) is 0 Å². The summed E-state index contributed by atoms with van der Waals surface area (Å²) in [5.41, 5.74) is 6.15. The number of primary sulfonamides is 1. The molecule has 6 nitrogen and oxygen atoms in total. The molecule has 0 aliphatic rings. The number of aliphatic hydroxyl groups is 1. The van der Waals surface area contributed by atoms with Crippen LogP contribution in [0.5, 0.6) is 0 Å². The van der Waals surface area contributed by atoms with Crippen LogP contribution in [-0.4, -0.2) is 26.2 Å². The van der Waals surface area contributed by atoms with Crippen molar-refractivity contribution >= 4 is 21.4 Å². The largest absolute Gasteiger partial charge is 0.396 e. The van der Waals surface area contributed by atoms with Crippen molar-refractivity contribution in [2.24, 2.45) is 5.14 Å². The van der Waals surface area contributed by atoms with Crippen molar-refractivity contribution in [1.29, 1.82) is 0 Å². The molecule has 0 spiro atoms. The number of hydrogen-bond acceptors (Lipinski definition) is 5. The van der Waals surface area contributed by atoms with Gasteiger partial charge in [-0.05, 0) is 19.1 Å². The first-order valence-electron chi connectivity index (χ1n) is 4.65. The van der Waals surface area contributed by atoms with Gasteiger partial charge in [-0.15, -0.1) is 0 Å². The average Bonchev–Trinajstić information content (AvgIpc) is 2.14. The third-order valence-corrected chi connectivity index (χ3v) is 2.93. The summed E-state index contributed by atoms with van der Waals surface area (Å²) in [6.45, 7) is 1.88. The Kier molecular flexibility index (Phi) is 3.74. The molecular formula is C9H15N3O3S. The molecule has 90 valence electrons. The van der Waals surface area contributed by atoms with Gasteiger partial charge in [0.1, 0.15) is 4.90 Å². The fraction of sp³-hybridized carbons (Fsp3) is 0.333. The van der Waals surface area contributed by atoms with Gasteiger partial charge >= 0.3 is 0 Å². The third kappa shape index (κ3) is 3.09. The second-order valence-electron chi connectivity index (χ2n) is 3.49. The average molecular weight is 245 g/mol. The maximum Gasteiger partial charge on any atom is 0.240 e. The molecule has 0 aromatic heterocycles. The predicted octanol–water partition coefficient (Wildman–Crippen LogP) is -0.291. The first-order chi connectivity index (χ1) is 7.32. The van der Waals surface area contributed by atoms with Crippen LogP contribution in [0.4, 0.5) is 11.4 Å². The van der Waals surface area contributed by atoms with Crippen molar-refractivity contribution in [1.82, 2.24) is 0 Å². The number of nitrogen functional groups attached to an aromatic ring is 1. The van der Waals surface area contributed by atoms with E-state index in [9.17, 15) is 8.42 Å². The molecular weight excluding hydrogens is 230 g/mol. The molecule has 1 aromatic carbocycles. The zero-order valence-electron chi connectivity index (χ0n) is 8.84. The Morgan fingerprint density at radius 2 is 2.12 bits per heavy atom. The summed E-state index contributed by atoms with van der Waals surface area (Å²) in [6.07, 6.45) is -0.558. The SMILES string of the molecule is CC(O)CNc1cccc(S(N)(=O)=O)c1N. The van der Waals surface area contributed by atoms with Gasteiger partial charge in [0.05, 0.1) is 17.5 Å². The van der Waals surface area contributed by atoms with Gasteiger partial charge in [0.15, 0.2) is 0 Å². The first kappa shape index (κ1) is 12.8. The molecule has 16 heavy (non-hydrogen) atoms. The minimum absolute atomic E-state index is 0.0608. The second kappa shape index (κ2) is 4.69. The topological polar surface area (TPSA) is 118 Å². The Hall–Kier alpha value is -1.31. The van der Waals surface area contributed by atoms with Crippen LogP contribution in [0.25, 0.3) is 0 Å². The maximum atomic E-state index is 11.2. The minimum Gasteiger partial charge on any atom is -0.396 e. The van der Waals surface area contributed by atoms with Gasteiger partial charge < -0.3 is 16.2 Å². The summed E-state index contributed by atoms with van der Waals surface area (Å²) < 4.78 is 22.3. The van der Waals surface area contributed by atoms with E-state index in [2.05, 4.69) is 5.32 Å². The van der Waals surface area contributed by atoms with Gasteiger partial charge in [0.2, 0.25) is 10.0 Å². The minimum atomic E-state index is -3.82. The maximum absolute atomic E-state index is 11.2. The van der Waals surface area contributed by atoms with Crippen LogP contribution in [0, 0.1) is 0 Å². The van der Waals surface area contributed by atoms with E-state index in [0.29, 0.717) is 5.69 Å². The summed E-state index contributed by atoms with van der Waals surface area (Å²) in [7, 11) is -3.82. The lowest BCUT2D eigenvalue weighted by atomic mass is 10.2. The van der Waals surface area contributed by atoms with Gasteiger partial charge in [0.25, 0.3) is 0 Å².